The molecule has 74 valence electrons. The van der Waals surface area contributed by atoms with Crippen molar-refractivity contribution >= 4 is 34.1 Å². The number of para-hydroxylation sites is 1. The summed E-state index contributed by atoms with van der Waals surface area (Å²) in [7, 11) is -2.83. The van der Waals surface area contributed by atoms with Gasteiger partial charge < -0.3 is 4.74 Å². The van der Waals surface area contributed by atoms with Gasteiger partial charge in [-0.1, -0.05) is 12.1 Å². The number of halogens is 1. The lowest BCUT2D eigenvalue weighted by molar-refractivity contribution is 0.397. The summed E-state index contributed by atoms with van der Waals surface area (Å²) in [4.78, 5) is -0.215. The van der Waals surface area contributed by atoms with Gasteiger partial charge in [0.25, 0.3) is 10.1 Å². The highest BCUT2D eigenvalue weighted by Gasteiger charge is 2.14. The molecule has 0 bridgehead atoms. The summed E-state index contributed by atoms with van der Waals surface area (Å²) in [6.07, 6.45) is 0. The molecule has 0 fully saturated rings. The molecule has 0 saturated heterocycles. The zero-order chi connectivity index (χ0) is 9.19. The molecule has 0 unspecified atom stereocenters. The first-order valence-corrected chi connectivity index (χ1v) is 4.60. The monoisotopic (exact) mass is 316 g/mol. The van der Waals surface area contributed by atoms with E-state index in [9.17, 15) is 8.42 Å². The quantitative estimate of drug-likeness (QED) is 0.664. The van der Waals surface area contributed by atoms with Gasteiger partial charge in [0.2, 0.25) is 0 Å². The lowest BCUT2D eigenvalue weighted by atomic mass is 10.3. The van der Waals surface area contributed by atoms with Crippen molar-refractivity contribution < 1.29 is 17.7 Å². The molecule has 1 aromatic carbocycles. The van der Waals surface area contributed by atoms with Crippen molar-refractivity contribution in [1.82, 2.24) is 0 Å². The molecule has 6 heteroatoms. The fourth-order valence-electron chi connectivity index (χ4n) is 0.832. The topological polar surface area (TPSA) is 63.6 Å². The molecule has 1 rings (SSSR count). The Morgan fingerprint density at radius 3 is 2.23 bits per heavy atom. The highest BCUT2D eigenvalue weighted by Crippen LogP contribution is 2.21. The van der Waals surface area contributed by atoms with Crippen molar-refractivity contribution in [1.29, 1.82) is 0 Å². The third kappa shape index (κ3) is 3.12. The molecule has 0 aliphatic heterocycles. The number of methoxy groups -OCH3 is 1. The number of benzene rings is 1. The summed E-state index contributed by atoms with van der Waals surface area (Å²) in [5, 5.41) is 0. The lowest BCUT2D eigenvalue weighted by Crippen LogP contribution is -2.00. The predicted molar refractivity (Wildman–Crippen MR) is 58.2 cm³/mol. The minimum Gasteiger partial charge on any atom is -0.495 e. The zero-order valence-corrected chi connectivity index (χ0v) is 9.94. The van der Waals surface area contributed by atoms with E-state index in [0.29, 0.717) is 0 Å². The maximum Gasteiger partial charge on any atom is 0.298 e. The summed E-state index contributed by atoms with van der Waals surface area (Å²) in [6, 6.07) is 5.86. The molecule has 1 N–H and O–H groups in total. The van der Waals surface area contributed by atoms with Crippen molar-refractivity contribution in [3.63, 3.8) is 0 Å². The average molecular weight is 316 g/mol. The number of hydrogen-bond donors (Lipinski definition) is 1. The minimum absolute atomic E-state index is 0. The Kier molecular flexibility index (Phi) is 4.65. The van der Waals surface area contributed by atoms with Crippen LogP contribution >= 0.6 is 24.0 Å². The smallest absolute Gasteiger partial charge is 0.298 e. The number of hydrogen-bond acceptors (Lipinski definition) is 3. The Bertz CT molecular complexity index is 374. The fourth-order valence-corrected chi connectivity index (χ4v) is 1.49. The molecule has 13 heavy (non-hydrogen) atoms. The Balaban J connectivity index is 0.00000144. The normalized spacial score (nSPS) is 10.3. The van der Waals surface area contributed by atoms with Crippen molar-refractivity contribution in [3.05, 3.63) is 24.3 Å². The summed E-state index contributed by atoms with van der Waals surface area (Å²) < 4.78 is 34.8. The van der Waals surface area contributed by atoms with Crippen LogP contribution in [-0.2, 0) is 10.1 Å². The van der Waals surface area contributed by atoms with Gasteiger partial charge >= 0.3 is 0 Å². The maximum atomic E-state index is 10.7. The van der Waals surface area contributed by atoms with Gasteiger partial charge in [-0.2, -0.15) is 8.42 Å². The maximum absolute atomic E-state index is 10.7. The van der Waals surface area contributed by atoms with Crippen LogP contribution < -0.4 is 4.74 Å². The van der Waals surface area contributed by atoms with Crippen LogP contribution in [0.2, 0.25) is 0 Å². The van der Waals surface area contributed by atoms with Gasteiger partial charge in [-0.15, -0.1) is 24.0 Å². The largest absolute Gasteiger partial charge is 0.495 e. The van der Waals surface area contributed by atoms with E-state index in [1.165, 1.54) is 25.3 Å². The van der Waals surface area contributed by atoms with Crippen LogP contribution in [0.1, 0.15) is 0 Å². The highest BCUT2D eigenvalue weighted by atomic mass is 127. The third-order valence-corrected chi connectivity index (χ3v) is 2.24. The van der Waals surface area contributed by atoms with Gasteiger partial charge in [0, 0.05) is 0 Å². The Morgan fingerprint density at radius 2 is 1.85 bits per heavy atom. The van der Waals surface area contributed by atoms with Gasteiger partial charge in [-0.05, 0) is 12.1 Å². The predicted octanol–water partition coefficient (Wildman–Crippen LogP) is 1.56. The molecule has 0 aliphatic rings. The lowest BCUT2D eigenvalue weighted by Gasteiger charge is -2.03. The molecule has 0 atom stereocenters. The SMILES string of the molecule is COc1ccccc1S(=O)(=O)O.I. The van der Waals surface area contributed by atoms with Crippen LogP contribution in [0.5, 0.6) is 5.75 Å². The van der Waals surface area contributed by atoms with Gasteiger partial charge in [0.05, 0.1) is 7.11 Å². The van der Waals surface area contributed by atoms with E-state index in [0.717, 1.165) is 0 Å². The average Bonchev–Trinajstić information content (AvgIpc) is 2.03. The molecule has 0 radical (unpaired) electrons. The molecule has 0 heterocycles. The molecule has 0 saturated carbocycles. The second kappa shape index (κ2) is 4.77. The van der Waals surface area contributed by atoms with Gasteiger partial charge in [0.1, 0.15) is 10.6 Å². The van der Waals surface area contributed by atoms with Crippen molar-refractivity contribution in [2.24, 2.45) is 0 Å². The standard InChI is InChI=1S/C7H8O4S.HI/c1-11-6-4-2-3-5-7(6)12(8,9)10;/h2-5H,1H3,(H,8,9,10);1H. The summed E-state index contributed by atoms with van der Waals surface area (Å²) in [6.45, 7) is 0. The van der Waals surface area contributed by atoms with Crippen LogP contribution in [0.15, 0.2) is 29.2 Å². The minimum atomic E-state index is -4.17. The van der Waals surface area contributed by atoms with Gasteiger partial charge in [-0.25, -0.2) is 0 Å². The number of rotatable bonds is 2. The summed E-state index contributed by atoms with van der Waals surface area (Å²) in [5.74, 6) is 0.139. The van der Waals surface area contributed by atoms with Crippen LogP contribution in [0.3, 0.4) is 0 Å². The van der Waals surface area contributed by atoms with Gasteiger partial charge in [-0.3, -0.25) is 4.55 Å². The van der Waals surface area contributed by atoms with Crippen molar-refractivity contribution in [3.8, 4) is 5.75 Å². The van der Waals surface area contributed by atoms with E-state index in [2.05, 4.69) is 0 Å². The number of ether oxygens (including phenoxy) is 1. The first-order chi connectivity index (χ1) is 5.55. The molecular weight excluding hydrogens is 307 g/mol. The van der Waals surface area contributed by atoms with E-state index in [-0.39, 0.29) is 34.6 Å². The fraction of sp³-hybridized carbons (Fsp3) is 0.143. The van der Waals surface area contributed by atoms with Gasteiger partial charge in [0.15, 0.2) is 0 Å². The zero-order valence-electron chi connectivity index (χ0n) is 6.80. The molecular formula is C7H9IO4S. The Labute approximate surface area is 93.7 Å². The van der Waals surface area contributed by atoms with Crippen molar-refractivity contribution in [2.75, 3.05) is 7.11 Å². The Hall–Kier alpha value is -0.340. The second-order valence-corrected chi connectivity index (χ2v) is 3.52. The van der Waals surface area contributed by atoms with E-state index < -0.39 is 10.1 Å². The van der Waals surface area contributed by atoms with Crippen LogP contribution in [0.25, 0.3) is 0 Å². The van der Waals surface area contributed by atoms with Crippen molar-refractivity contribution in [2.45, 2.75) is 4.90 Å². The molecule has 0 aliphatic carbocycles. The molecule has 1 aromatic rings. The first-order valence-electron chi connectivity index (χ1n) is 3.16. The van der Waals surface area contributed by atoms with Crippen LogP contribution in [-0.4, -0.2) is 20.1 Å². The summed E-state index contributed by atoms with van der Waals surface area (Å²) >= 11 is 0. The molecule has 4 nitrogen and oxygen atoms in total. The second-order valence-electron chi connectivity index (χ2n) is 2.13. The van der Waals surface area contributed by atoms with E-state index in [1.54, 1.807) is 6.07 Å². The first kappa shape index (κ1) is 12.7. The van der Waals surface area contributed by atoms with Crippen LogP contribution in [0, 0.1) is 0 Å². The van der Waals surface area contributed by atoms with E-state index in [1.807, 2.05) is 0 Å². The van der Waals surface area contributed by atoms with E-state index in [4.69, 9.17) is 9.29 Å². The van der Waals surface area contributed by atoms with Crippen LogP contribution in [0.4, 0.5) is 0 Å². The highest BCUT2D eigenvalue weighted by molar-refractivity contribution is 14.0. The molecule has 0 spiro atoms. The Morgan fingerprint density at radius 1 is 1.31 bits per heavy atom. The molecule has 0 aromatic heterocycles. The summed E-state index contributed by atoms with van der Waals surface area (Å²) in [5.41, 5.74) is 0. The van der Waals surface area contributed by atoms with E-state index >= 15 is 0 Å². The third-order valence-electron chi connectivity index (χ3n) is 1.35. The molecule has 0 amide bonds.